The van der Waals surface area contributed by atoms with Crippen molar-refractivity contribution >= 4 is 135 Å². The normalized spacial score (nSPS) is 12.7. The van der Waals surface area contributed by atoms with Gasteiger partial charge in [-0.05, 0) is 52.6 Å². The molecule has 0 aliphatic heterocycles. The van der Waals surface area contributed by atoms with Gasteiger partial charge in [0, 0.05) is 58.6 Å². The van der Waals surface area contributed by atoms with E-state index >= 15 is 0 Å². The number of fused-ring (bicyclic) bond motifs is 20. The molecule has 0 saturated carbocycles. The molecule has 0 aliphatic rings. The van der Waals surface area contributed by atoms with Gasteiger partial charge in [0.2, 0.25) is 5.95 Å². The molecule has 6 heteroatoms. The monoisotopic (exact) mass is 779 g/mol. The molecule has 0 atom stereocenters. The molecule has 15 rings (SSSR count). The van der Waals surface area contributed by atoms with Crippen LogP contribution in [0.5, 0.6) is 0 Å². The van der Waals surface area contributed by atoms with E-state index in [0.29, 0.717) is 5.95 Å². The van der Waals surface area contributed by atoms with Gasteiger partial charge in [0.25, 0.3) is 0 Å². The fourth-order valence-electron chi connectivity index (χ4n) is 10.8. The highest BCUT2D eigenvalue weighted by Crippen LogP contribution is 2.49. The van der Waals surface area contributed by atoms with E-state index in [1.165, 1.54) is 85.9 Å². The van der Waals surface area contributed by atoms with Crippen LogP contribution in [0.2, 0.25) is 0 Å². The summed E-state index contributed by atoms with van der Waals surface area (Å²) in [6, 6.07) is 64.2. The zero-order valence-electron chi connectivity index (χ0n) is 31.9. The molecule has 0 N–H and O–H groups in total. The van der Waals surface area contributed by atoms with Gasteiger partial charge in [-0.2, -0.15) is 4.98 Å². The number of thiophene rings is 1. The molecular formula is C54H29N5S. The Hall–Kier alpha value is -7.80. The van der Waals surface area contributed by atoms with Crippen LogP contribution in [0.1, 0.15) is 0 Å². The van der Waals surface area contributed by atoms with Gasteiger partial charge >= 0.3 is 0 Å². The minimum atomic E-state index is 0.658. The van der Waals surface area contributed by atoms with E-state index in [2.05, 4.69) is 189 Å². The Morgan fingerprint density at radius 3 is 1.80 bits per heavy atom. The van der Waals surface area contributed by atoms with Gasteiger partial charge in [0.05, 0.1) is 48.8 Å². The summed E-state index contributed by atoms with van der Waals surface area (Å²) in [5.74, 6) is 1.55. The number of rotatable bonds is 2. The Kier molecular flexibility index (Phi) is 5.74. The summed E-state index contributed by atoms with van der Waals surface area (Å²) < 4.78 is 9.52. The molecule has 276 valence electrons. The predicted molar refractivity (Wildman–Crippen MR) is 253 cm³/mol. The van der Waals surface area contributed by atoms with Crippen molar-refractivity contribution in [3.63, 3.8) is 0 Å². The zero-order valence-corrected chi connectivity index (χ0v) is 32.7. The molecule has 0 saturated heterocycles. The van der Waals surface area contributed by atoms with Crippen molar-refractivity contribution in [3.05, 3.63) is 176 Å². The van der Waals surface area contributed by atoms with Crippen molar-refractivity contribution in [2.24, 2.45) is 0 Å². The van der Waals surface area contributed by atoms with Gasteiger partial charge in [-0.25, -0.2) is 4.98 Å². The summed E-state index contributed by atoms with van der Waals surface area (Å²) in [5.41, 5.74) is 9.15. The van der Waals surface area contributed by atoms with Gasteiger partial charge in [-0.1, -0.05) is 140 Å². The predicted octanol–water partition coefficient (Wildman–Crippen LogP) is 14.5. The molecule has 0 spiro atoms. The Bertz CT molecular complexity index is 4370. The molecule has 0 unspecified atom stereocenters. The van der Waals surface area contributed by atoms with Crippen LogP contribution in [-0.4, -0.2) is 23.5 Å². The average molecular weight is 780 g/mol. The highest BCUT2D eigenvalue weighted by Gasteiger charge is 2.28. The molecular weight excluding hydrogens is 751 g/mol. The number of para-hydroxylation sites is 3. The first kappa shape index (κ1) is 31.2. The molecule has 0 aliphatic carbocycles. The summed E-state index contributed by atoms with van der Waals surface area (Å²) in [6.07, 6.45) is 0. The Morgan fingerprint density at radius 1 is 0.367 bits per heavy atom. The molecule has 5 nitrogen and oxygen atoms in total. The van der Waals surface area contributed by atoms with Crippen LogP contribution in [0.15, 0.2) is 176 Å². The van der Waals surface area contributed by atoms with Crippen molar-refractivity contribution in [2.45, 2.75) is 0 Å². The summed E-state index contributed by atoms with van der Waals surface area (Å²) in [6.45, 7) is 0. The van der Waals surface area contributed by atoms with Gasteiger partial charge < -0.3 is 4.40 Å². The second-order valence-corrected chi connectivity index (χ2v) is 17.1. The summed E-state index contributed by atoms with van der Waals surface area (Å²) in [5, 5.41) is 15.9. The largest absolute Gasteiger partial charge is 0.308 e. The average Bonchev–Trinajstić information content (AvgIpc) is 4.10. The van der Waals surface area contributed by atoms with E-state index < -0.39 is 0 Å². The van der Waals surface area contributed by atoms with Crippen LogP contribution in [0.25, 0.3) is 135 Å². The zero-order chi connectivity index (χ0) is 38.8. The van der Waals surface area contributed by atoms with E-state index in [4.69, 9.17) is 9.97 Å². The molecule has 9 aromatic carbocycles. The fraction of sp³-hybridized carbons (Fsp3) is 0. The van der Waals surface area contributed by atoms with Crippen molar-refractivity contribution < 1.29 is 0 Å². The third-order valence-corrected chi connectivity index (χ3v) is 14.3. The number of hydrogen-bond donors (Lipinski definition) is 0. The van der Waals surface area contributed by atoms with Gasteiger partial charge in [0.1, 0.15) is 0 Å². The van der Waals surface area contributed by atoms with Crippen molar-refractivity contribution in [2.75, 3.05) is 0 Å². The van der Waals surface area contributed by atoms with Crippen LogP contribution in [0.3, 0.4) is 0 Å². The SMILES string of the molecule is c1ccc2c(c1)ccc1c2c2ccccc2n1-c1nc(-n2c3cc4c5ccccc5n5c6ccccc6c(c3c3ccc6ccccc6c32)c45)c2sc3ccccc3c2n1. The maximum atomic E-state index is 5.83. The third kappa shape index (κ3) is 3.74. The summed E-state index contributed by atoms with van der Waals surface area (Å²) in [7, 11) is 0. The first-order valence-corrected chi connectivity index (χ1v) is 21.2. The number of hydrogen-bond acceptors (Lipinski definition) is 3. The molecule has 0 bridgehead atoms. The molecule has 6 heterocycles. The van der Waals surface area contributed by atoms with Gasteiger partial charge in [-0.15, -0.1) is 11.3 Å². The van der Waals surface area contributed by atoms with Crippen LogP contribution in [0, 0.1) is 0 Å². The van der Waals surface area contributed by atoms with Crippen molar-refractivity contribution in [3.8, 4) is 11.8 Å². The second-order valence-electron chi connectivity index (χ2n) is 16.1. The highest BCUT2D eigenvalue weighted by molar-refractivity contribution is 7.26. The first-order valence-electron chi connectivity index (χ1n) is 20.4. The molecule has 0 radical (unpaired) electrons. The minimum Gasteiger partial charge on any atom is -0.308 e. The molecule has 6 aromatic heterocycles. The summed E-state index contributed by atoms with van der Waals surface area (Å²) >= 11 is 1.78. The lowest BCUT2D eigenvalue weighted by atomic mass is 10.0. The van der Waals surface area contributed by atoms with Crippen LogP contribution < -0.4 is 0 Å². The van der Waals surface area contributed by atoms with Crippen LogP contribution in [0.4, 0.5) is 0 Å². The van der Waals surface area contributed by atoms with E-state index in [-0.39, 0.29) is 0 Å². The smallest absolute Gasteiger partial charge is 0.237 e. The number of nitrogens with zero attached hydrogens (tertiary/aromatic N) is 5. The van der Waals surface area contributed by atoms with Crippen molar-refractivity contribution in [1.82, 2.24) is 23.5 Å². The molecule has 15 aromatic rings. The number of benzene rings is 9. The standard InChI is InChI=1S/C54H29N5S/c1-3-15-32-30(13-1)26-28-43-46(32)35-18-6-11-23-42(35)58(43)54-55-49-37-20-8-12-24-45(37)60-52(49)53(56-54)59-44-29-39-34-17-5-9-21-40(34)57-41-22-10-7-19-36(41)48(51(39)57)47(44)38-27-25-31-14-2-4-16-33(31)50(38)59/h1-29H. The minimum absolute atomic E-state index is 0.658. The Labute approximate surface area is 344 Å². The second kappa shape index (κ2) is 11.0. The van der Waals surface area contributed by atoms with E-state index in [9.17, 15) is 0 Å². The lowest BCUT2D eigenvalue weighted by Crippen LogP contribution is -2.06. The Balaban J connectivity index is 1.20. The van der Waals surface area contributed by atoms with Gasteiger partial charge in [0.15, 0.2) is 5.82 Å². The topological polar surface area (TPSA) is 40.0 Å². The van der Waals surface area contributed by atoms with Crippen LogP contribution >= 0.6 is 11.3 Å². The van der Waals surface area contributed by atoms with Gasteiger partial charge in [-0.3, -0.25) is 9.13 Å². The Morgan fingerprint density at radius 2 is 0.983 bits per heavy atom. The van der Waals surface area contributed by atoms with Crippen molar-refractivity contribution in [1.29, 1.82) is 0 Å². The molecule has 0 fully saturated rings. The fourth-order valence-corrected chi connectivity index (χ4v) is 11.9. The quantitative estimate of drug-likeness (QED) is 0.175. The van der Waals surface area contributed by atoms with E-state index in [1.54, 1.807) is 11.3 Å². The maximum Gasteiger partial charge on any atom is 0.237 e. The molecule has 0 amide bonds. The molecule has 60 heavy (non-hydrogen) atoms. The maximum absolute atomic E-state index is 5.83. The van der Waals surface area contributed by atoms with E-state index in [0.717, 1.165) is 43.5 Å². The highest BCUT2D eigenvalue weighted by atomic mass is 32.1. The first-order chi connectivity index (χ1) is 29.8. The van der Waals surface area contributed by atoms with Crippen LogP contribution in [-0.2, 0) is 0 Å². The lowest BCUT2D eigenvalue weighted by molar-refractivity contribution is 0.977. The lowest BCUT2D eigenvalue weighted by Gasteiger charge is -2.13. The third-order valence-electron chi connectivity index (χ3n) is 13.2. The van der Waals surface area contributed by atoms with E-state index in [1.807, 2.05) is 0 Å². The summed E-state index contributed by atoms with van der Waals surface area (Å²) in [4.78, 5) is 11.4. The number of aromatic nitrogens is 5.